The van der Waals surface area contributed by atoms with Crippen LogP contribution in [-0.2, 0) is 12.8 Å². The van der Waals surface area contributed by atoms with E-state index in [1.54, 1.807) is 12.1 Å². The Bertz CT molecular complexity index is 1270. The van der Waals surface area contributed by atoms with Crippen molar-refractivity contribution in [2.75, 3.05) is 5.32 Å². The van der Waals surface area contributed by atoms with E-state index >= 15 is 0 Å². The fourth-order valence-electron chi connectivity index (χ4n) is 2.88. The third-order valence-electron chi connectivity index (χ3n) is 4.48. The van der Waals surface area contributed by atoms with Crippen LogP contribution in [0.5, 0.6) is 5.75 Å². The third-order valence-corrected chi connectivity index (χ3v) is 4.48. The number of hydrogen-bond donors (Lipinski definition) is 1. The minimum atomic E-state index is -4.58. The van der Waals surface area contributed by atoms with Crippen molar-refractivity contribution in [3.8, 4) is 17.2 Å². The maximum atomic E-state index is 14.4. The molecule has 0 fully saturated rings. The molecule has 3 aromatic carbocycles. The fourth-order valence-corrected chi connectivity index (χ4v) is 2.88. The van der Waals surface area contributed by atoms with E-state index < -0.39 is 23.5 Å². The van der Waals surface area contributed by atoms with Crippen LogP contribution in [-0.4, -0.2) is 16.1 Å². The maximum absolute atomic E-state index is 14.4. The van der Waals surface area contributed by atoms with Crippen molar-refractivity contribution in [1.29, 1.82) is 0 Å². The number of alkyl halides is 3. The largest absolute Gasteiger partial charge is 0.481 e. The van der Waals surface area contributed by atoms with Gasteiger partial charge in [0, 0.05) is 22.9 Å². The minimum Gasteiger partial charge on any atom is -0.481 e. The van der Waals surface area contributed by atoms with E-state index in [2.05, 4.69) is 15.5 Å². The lowest BCUT2D eigenvalue weighted by Crippen LogP contribution is -2.14. The molecule has 1 amide bonds. The number of benzene rings is 3. The van der Waals surface area contributed by atoms with Crippen molar-refractivity contribution in [3.05, 3.63) is 95.6 Å². The van der Waals surface area contributed by atoms with Crippen molar-refractivity contribution in [2.24, 2.45) is 0 Å². The van der Waals surface area contributed by atoms with Gasteiger partial charge in [0.05, 0.1) is 5.56 Å². The van der Waals surface area contributed by atoms with Gasteiger partial charge < -0.3 is 14.5 Å². The van der Waals surface area contributed by atoms with Crippen LogP contribution in [0.4, 0.5) is 23.2 Å². The summed E-state index contributed by atoms with van der Waals surface area (Å²) in [4.78, 5) is 12.3. The molecule has 0 radical (unpaired) electrons. The summed E-state index contributed by atoms with van der Waals surface area (Å²) >= 11 is 0. The highest BCUT2D eigenvalue weighted by atomic mass is 19.4. The van der Waals surface area contributed by atoms with E-state index in [9.17, 15) is 22.4 Å². The molecule has 0 saturated heterocycles. The first-order chi connectivity index (χ1) is 15.8. The van der Waals surface area contributed by atoms with Gasteiger partial charge in [-0.2, -0.15) is 13.2 Å². The molecule has 1 heterocycles. The second-order valence-corrected chi connectivity index (χ2v) is 6.83. The molecule has 10 heteroatoms. The lowest BCUT2D eigenvalue weighted by molar-refractivity contribution is -0.137. The van der Waals surface area contributed by atoms with Gasteiger partial charge in [0.1, 0.15) is 0 Å². The lowest BCUT2D eigenvalue weighted by Gasteiger charge is -2.10. The van der Waals surface area contributed by atoms with Gasteiger partial charge in [-0.1, -0.05) is 24.3 Å². The monoisotopic (exact) mass is 457 g/mol. The van der Waals surface area contributed by atoms with Crippen molar-refractivity contribution >= 4 is 11.6 Å². The average molecular weight is 457 g/mol. The highest BCUT2D eigenvalue weighted by Crippen LogP contribution is 2.30. The van der Waals surface area contributed by atoms with Gasteiger partial charge in [-0.25, -0.2) is 4.39 Å². The van der Waals surface area contributed by atoms with Gasteiger partial charge in [0.25, 0.3) is 11.8 Å². The van der Waals surface area contributed by atoms with Crippen molar-refractivity contribution in [3.63, 3.8) is 0 Å². The van der Waals surface area contributed by atoms with E-state index in [0.29, 0.717) is 5.89 Å². The second-order valence-electron chi connectivity index (χ2n) is 6.83. The van der Waals surface area contributed by atoms with Crippen LogP contribution in [0.2, 0.25) is 0 Å². The molecule has 1 N–H and O–H groups in total. The van der Waals surface area contributed by atoms with Gasteiger partial charge in [0.15, 0.2) is 18.2 Å². The van der Waals surface area contributed by atoms with Crippen molar-refractivity contribution < 1.29 is 31.5 Å². The number of anilines is 1. The zero-order chi connectivity index (χ0) is 23.4. The number of rotatable bonds is 6. The van der Waals surface area contributed by atoms with Crippen LogP contribution in [0.25, 0.3) is 11.5 Å². The van der Waals surface area contributed by atoms with Gasteiger partial charge in [-0.05, 0) is 42.5 Å². The molecule has 168 valence electrons. The Balaban J connectivity index is 1.39. The number of halogens is 4. The maximum Gasteiger partial charge on any atom is 0.416 e. The van der Waals surface area contributed by atoms with Crippen LogP contribution in [0, 0.1) is 5.82 Å². The first-order valence-corrected chi connectivity index (χ1v) is 9.58. The Kier molecular flexibility index (Phi) is 6.07. The summed E-state index contributed by atoms with van der Waals surface area (Å²) in [6.45, 7) is -0.188. The van der Waals surface area contributed by atoms with Crippen LogP contribution >= 0.6 is 0 Å². The molecule has 0 aliphatic rings. The molecular weight excluding hydrogens is 442 g/mol. The van der Waals surface area contributed by atoms with Crippen LogP contribution in [0.15, 0.2) is 77.2 Å². The van der Waals surface area contributed by atoms with Gasteiger partial charge >= 0.3 is 6.18 Å². The number of nitrogens with one attached hydrogen (secondary N) is 1. The van der Waals surface area contributed by atoms with Crippen LogP contribution in [0.1, 0.15) is 21.8 Å². The van der Waals surface area contributed by atoms with Gasteiger partial charge in [0.2, 0.25) is 5.89 Å². The summed E-state index contributed by atoms with van der Waals surface area (Å²) in [5, 5.41) is 10.1. The van der Waals surface area contributed by atoms with Gasteiger partial charge in [-0.3, -0.25) is 4.79 Å². The smallest absolute Gasteiger partial charge is 0.416 e. The van der Waals surface area contributed by atoms with E-state index in [1.807, 2.05) is 18.2 Å². The molecular formula is C23H15F4N3O3. The molecule has 33 heavy (non-hydrogen) atoms. The normalized spacial score (nSPS) is 11.3. The fraction of sp³-hybridized carbons (Fsp3) is 0.0870. The molecule has 4 rings (SSSR count). The van der Waals surface area contributed by atoms with Crippen LogP contribution < -0.4 is 10.1 Å². The summed E-state index contributed by atoms with van der Waals surface area (Å²) in [5.74, 6) is -1.31. The van der Waals surface area contributed by atoms with E-state index in [-0.39, 0.29) is 29.5 Å². The number of ether oxygens (including phenoxy) is 1. The third kappa shape index (κ3) is 5.35. The molecule has 0 spiro atoms. The number of carbonyl (C=O) groups excluding carboxylic acids is 1. The Labute approximate surface area is 184 Å². The summed E-state index contributed by atoms with van der Waals surface area (Å²) in [5.41, 5.74) is -0.396. The summed E-state index contributed by atoms with van der Waals surface area (Å²) < 4.78 is 63.7. The topological polar surface area (TPSA) is 77.2 Å². The molecule has 0 atom stereocenters. The van der Waals surface area contributed by atoms with Crippen LogP contribution in [0.3, 0.4) is 0 Å². The molecule has 0 bridgehead atoms. The zero-order valence-corrected chi connectivity index (χ0v) is 16.8. The lowest BCUT2D eigenvalue weighted by atomic mass is 10.1. The van der Waals surface area contributed by atoms with Crippen molar-refractivity contribution in [2.45, 2.75) is 12.8 Å². The number of aromatic nitrogens is 2. The standard InChI is InChI=1S/C23H15F4N3O3/c24-18-12-17(28-21(31)15-7-4-8-16(11-15)23(25,26)27)9-10-19(18)32-13-20-29-30-22(33-20)14-5-2-1-3-6-14/h1-12H,13H2,(H,28,31). The number of hydrogen-bond acceptors (Lipinski definition) is 5. The SMILES string of the molecule is O=C(Nc1ccc(OCc2nnc(-c3ccccc3)o2)c(F)c1)c1cccc(C(F)(F)F)c1. The minimum absolute atomic E-state index is 0.0476. The molecule has 4 aromatic rings. The highest BCUT2D eigenvalue weighted by Gasteiger charge is 2.30. The van der Waals surface area contributed by atoms with Gasteiger partial charge in [-0.15, -0.1) is 10.2 Å². The molecule has 6 nitrogen and oxygen atoms in total. The summed E-state index contributed by atoms with van der Waals surface area (Å²) in [6, 6.07) is 16.6. The first kappa shape index (κ1) is 22.0. The first-order valence-electron chi connectivity index (χ1n) is 9.58. The molecule has 0 aliphatic heterocycles. The number of amides is 1. The predicted octanol–water partition coefficient (Wildman–Crippen LogP) is 5.73. The highest BCUT2D eigenvalue weighted by molar-refractivity contribution is 6.04. The average Bonchev–Trinajstić information content (AvgIpc) is 3.28. The number of nitrogens with zero attached hydrogens (tertiary/aromatic N) is 2. The Morgan fingerprint density at radius 2 is 1.76 bits per heavy atom. The Morgan fingerprint density at radius 3 is 2.48 bits per heavy atom. The Morgan fingerprint density at radius 1 is 0.970 bits per heavy atom. The quantitative estimate of drug-likeness (QED) is 0.375. The molecule has 0 saturated carbocycles. The predicted molar refractivity (Wildman–Crippen MR) is 110 cm³/mol. The Hall–Kier alpha value is -4.21. The molecule has 0 unspecified atom stereocenters. The molecule has 1 aromatic heterocycles. The second kappa shape index (κ2) is 9.11. The zero-order valence-electron chi connectivity index (χ0n) is 16.8. The molecule has 0 aliphatic carbocycles. The van der Waals surface area contributed by atoms with E-state index in [4.69, 9.17) is 9.15 Å². The summed E-state index contributed by atoms with van der Waals surface area (Å²) in [6.07, 6.45) is -4.58. The summed E-state index contributed by atoms with van der Waals surface area (Å²) in [7, 11) is 0. The van der Waals surface area contributed by atoms with E-state index in [0.717, 1.165) is 29.8 Å². The van der Waals surface area contributed by atoms with Crippen molar-refractivity contribution in [1.82, 2.24) is 10.2 Å². The van der Waals surface area contributed by atoms with E-state index in [1.165, 1.54) is 18.2 Å². The number of carbonyl (C=O) groups is 1.